The van der Waals surface area contributed by atoms with Crippen LogP contribution in [0.4, 0.5) is 0 Å². The summed E-state index contributed by atoms with van der Waals surface area (Å²) in [5.74, 6) is -0.346. The van der Waals surface area contributed by atoms with Gasteiger partial charge < -0.3 is 4.74 Å². The Morgan fingerprint density at radius 2 is 2.06 bits per heavy atom. The van der Waals surface area contributed by atoms with E-state index in [-0.39, 0.29) is 18.4 Å². The first-order chi connectivity index (χ1) is 7.99. The van der Waals surface area contributed by atoms with Crippen LogP contribution in [0.25, 0.3) is 0 Å². The summed E-state index contributed by atoms with van der Waals surface area (Å²) in [6.07, 6.45) is 2.09. The molecule has 0 unspecified atom stereocenters. The van der Waals surface area contributed by atoms with Gasteiger partial charge in [0.15, 0.2) is 0 Å². The maximum absolute atomic E-state index is 12.0. The monoisotopic (exact) mass is 242 g/mol. The minimum atomic E-state index is -0.655. The Morgan fingerprint density at radius 1 is 1.35 bits per heavy atom. The number of hydrogen-bond acceptors (Lipinski definition) is 4. The predicted molar refractivity (Wildman–Crippen MR) is 64.5 cm³/mol. The topological polar surface area (TPSA) is 58.6 Å². The first-order valence-corrected chi connectivity index (χ1v) is 6.16. The maximum Gasteiger partial charge on any atom is 0.249 e. The first-order valence-electron chi connectivity index (χ1n) is 6.16. The Morgan fingerprint density at radius 3 is 2.71 bits per heavy atom. The molecule has 0 aliphatic carbocycles. The van der Waals surface area contributed by atoms with Crippen molar-refractivity contribution in [1.82, 2.24) is 10.2 Å². The number of unbranched alkanes of at least 4 members (excludes halogenated alkanes) is 1. The summed E-state index contributed by atoms with van der Waals surface area (Å²) in [6, 6.07) is 0. The van der Waals surface area contributed by atoms with E-state index in [0.717, 1.165) is 12.8 Å². The largest absolute Gasteiger partial charge is 0.380 e. The number of ether oxygens (including phenoxy) is 1. The zero-order chi connectivity index (χ0) is 12.9. The molecule has 1 rings (SSSR count). The highest BCUT2D eigenvalue weighted by atomic mass is 16.5. The van der Waals surface area contributed by atoms with Crippen LogP contribution in [-0.4, -0.2) is 48.6 Å². The third kappa shape index (κ3) is 3.78. The molecule has 1 N–H and O–H groups in total. The fourth-order valence-electron chi connectivity index (χ4n) is 1.65. The van der Waals surface area contributed by atoms with E-state index in [1.54, 1.807) is 13.8 Å². The Kier molecular flexibility index (Phi) is 5.08. The molecule has 0 saturated carbocycles. The van der Waals surface area contributed by atoms with Crippen LogP contribution in [0.1, 0.15) is 33.6 Å². The van der Waals surface area contributed by atoms with Crippen LogP contribution in [0, 0.1) is 0 Å². The molecule has 17 heavy (non-hydrogen) atoms. The summed E-state index contributed by atoms with van der Waals surface area (Å²) in [5.41, 5.74) is -0.655. The molecule has 1 heterocycles. The summed E-state index contributed by atoms with van der Waals surface area (Å²) in [5, 5.41) is 2.92. The predicted octanol–water partition coefficient (Wildman–Crippen LogP) is 0.540. The zero-order valence-corrected chi connectivity index (χ0v) is 10.9. The van der Waals surface area contributed by atoms with Crippen molar-refractivity contribution in [1.29, 1.82) is 0 Å². The van der Waals surface area contributed by atoms with E-state index in [4.69, 9.17) is 4.74 Å². The van der Waals surface area contributed by atoms with Gasteiger partial charge in [-0.25, -0.2) is 0 Å². The zero-order valence-electron chi connectivity index (χ0n) is 10.9. The number of carbonyl (C=O) groups excluding carboxylic acids is 2. The molecule has 0 aromatic carbocycles. The van der Waals surface area contributed by atoms with E-state index in [1.165, 1.54) is 4.90 Å². The van der Waals surface area contributed by atoms with Crippen molar-refractivity contribution in [3.05, 3.63) is 0 Å². The molecule has 0 radical (unpaired) electrons. The quantitative estimate of drug-likeness (QED) is 0.545. The van der Waals surface area contributed by atoms with Crippen LogP contribution >= 0.6 is 0 Å². The average Bonchev–Trinajstić information content (AvgIpc) is 2.28. The third-order valence-electron chi connectivity index (χ3n) is 2.86. The van der Waals surface area contributed by atoms with Crippen LogP contribution in [-0.2, 0) is 14.3 Å². The lowest BCUT2D eigenvalue weighted by atomic mass is 10.0. The summed E-state index contributed by atoms with van der Waals surface area (Å²) in [4.78, 5) is 24.9. The van der Waals surface area contributed by atoms with Crippen LogP contribution in [0.3, 0.4) is 0 Å². The fourth-order valence-corrected chi connectivity index (χ4v) is 1.65. The molecule has 2 amide bonds. The summed E-state index contributed by atoms with van der Waals surface area (Å²) in [6.45, 7) is 7.34. The molecule has 1 aliphatic rings. The average molecular weight is 242 g/mol. The van der Waals surface area contributed by atoms with Gasteiger partial charge in [-0.3, -0.25) is 19.8 Å². The Bertz CT molecular complexity index is 289. The molecule has 5 heteroatoms. The molecule has 1 fully saturated rings. The second-order valence-corrected chi connectivity index (χ2v) is 4.80. The Balaban J connectivity index is 2.39. The lowest BCUT2D eigenvalue weighted by Gasteiger charge is -2.36. The molecular formula is C12H22N2O3. The Hall–Kier alpha value is -0.940. The summed E-state index contributed by atoms with van der Waals surface area (Å²) in [7, 11) is 0. The van der Waals surface area contributed by atoms with Crippen LogP contribution in [0.5, 0.6) is 0 Å². The second-order valence-electron chi connectivity index (χ2n) is 4.80. The van der Waals surface area contributed by atoms with E-state index in [2.05, 4.69) is 12.2 Å². The van der Waals surface area contributed by atoms with Crippen molar-refractivity contribution in [3.8, 4) is 0 Å². The number of piperazine rings is 1. The SMILES string of the molecule is CCCCOCCN1C(=O)CNC(C)(C)C1=O. The highest BCUT2D eigenvalue weighted by Gasteiger charge is 2.39. The van der Waals surface area contributed by atoms with Crippen molar-refractivity contribution in [3.63, 3.8) is 0 Å². The normalized spacial score (nSPS) is 19.8. The highest BCUT2D eigenvalue weighted by Crippen LogP contribution is 2.12. The van der Waals surface area contributed by atoms with Gasteiger partial charge in [0.1, 0.15) is 0 Å². The van der Waals surface area contributed by atoms with E-state index >= 15 is 0 Å². The molecule has 98 valence electrons. The summed E-state index contributed by atoms with van der Waals surface area (Å²) < 4.78 is 5.38. The number of nitrogens with one attached hydrogen (secondary N) is 1. The molecule has 0 aromatic heterocycles. The van der Waals surface area contributed by atoms with Crippen molar-refractivity contribution < 1.29 is 14.3 Å². The lowest BCUT2D eigenvalue weighted by Crippen LogP contribution is -2.64. The number of rotatable bonds is 6. The smallest absolute Gasteiger partial charge is 0.249 e. The number of carbonyl (C=O) groups is 2. The van der Waals surface area contributed by atoms with Crippen molar-refractivity contribution in [2.75, 3.05) is 26.3 Å². The van der Waals surface area contributed by atoms with Gasteiger partial charge in [0.05, 0.1) is 25.2 Å². The standard InChI is InChI=1S/C12H22N2O3/c1-4-5-7-17-8-6-14-10(15)9-13-12(2,3)11(14)16/h13H,4-9H2,1-3H3. The van der Waals surface area contributed by atoms with E-state index in [9.17, 15) is 9.59 Å². The highest BCUT2D eigenvalue weighted by molar-refractivity contribution is 6.03. The molecular weight excluding hydrogens is 220 g/mol. The van der Waals surface area contributed by atoms with Gasteiger partial charge in [0, 0.05) is 6.61 Å². The minimum Gasteiger partial charge on any atom is -0.380 e. The second kappa shape index (κ2) is 6.12. The number of amides is 2. The van der Waals surface area contributed by atoms with Gasteiger partial charge in [0.25, 0.3) is 0 Å². The van der Waals surface area contributed by atoms with Crippen LogP contribution in [0.2, 0.25) is 0 Å². The lowest BCUT2D eigenvalue weighted by molar-refractivity contribution is -0.153. The van der Waals surface area contributed by atoms with E-state index in [1.807, 2.05) is 0 Å². The molecule has 0 atom stereocenters. The van der Waals surface area contributed by atoms with E-state index < -0.39 is 5.54 Å². The van der Waals surface area contributed by atoms with Gasteiger partial charge in [-0.05, 0) is 20.3 Å². The third-order valence-corrected chi connectivity index (χ3v) is 2.86. The Labute approximate surface area is 102 Å². The van der Waals surface area contributed by atoms with Gasteiger partial charge in [-0.15, -0.1) is 0 Å². The van der Waals surface area contributed by atoms with Crippen molar-refractivity contribution in [2.45, 2.75) is 39.2 Å². The number of nitrogens with zero attached hydrogens (tertiary/aromatic N) is 1. The molecule has 5 nitrogen and oxygen atoms in total. The first kappa shape index (κ1) is 14.1. The van der Waals surface area contributed by atoms with Crippen LogP contribution < -0.4 is 5.32 Å². The molecule has 0 bridgehead atoms. The van der Waals surface area contributed by atoms with Gasteiger partial charge in [-0.2, -0.15) is 0 Å². The van der Waals surface area contributed by atoms with Crippen molar-refractivity contribution in [2.24, 2.45) is 0 Å². The molecule has 1 saturated heterocycles. The molecule has 1 aliphatic heterocycles. The van der Waals surface area contributed by atoms with E-state index in [0.29, 0.717) is 19.8 Å². The number of hydrogen-bond donors (Lipinski definition) is 1. The van der Waals surface area contributed by atoms with Crippen LogP contribution in [0.15, 0.2) is 0 Å². The molecule has 0 spiro atoms. The van der Waals surface area contributed by atoms with Crippen molar-refractivity contribution >= 4 is 11.8 Å². The summed E-state index contributed by atoms with van der Waals surface area (Å²) >= 11 is 0. The van der Waals surface area contributed by atoms with Gasteiger partial charge in [-0.1, -0.05) is 13.3 Å². The molecule has 0 aromatic rings. The fraction of sp³-hybridized carbons (Fsp3) is 0.833. The van der Waals surface area contributed by atoms with Gasteiger partial charge >= 0.3 is 0 Å². The van der Waals surface area contributed by atoms with Gasteiger partial charge in [0.2, 0.25) is 11.8 Å². The minimum absolute atomic E-state index is 0.173. The number of imide groups is 1. The maximum atomic E-state index is 12.0.